The number of rotatable bonds is 2. The first-order valence-electron chi connectivity index (χ1n) is 7.62. The van der Waals surface area contributed by atoms with Crippen molar-refractivity contribution in [1.29, 1.82) is 0 Å². The molecule has 2 aliphatic rings. The second-order valence-corrected chi connectivity index (χ2v) is 6.35. The number of likely N-dealkylation sites (tertiary alicyclic amines) is 2. The smallest absolute Gasteiger partial charge is 0.232 e. The summed E-state index contributed by atoms with van der Waals surface area (Å²) in [5.74, 6) is 1.19. The maximum absolute atomic E-state index is 12.2. The average molecular weight is 266 g/mol. The van der Waals surface area contributed by atoms with Crippen LogP contribution in [0.3, 0.4) is 0 Å². The van der Waals surface area contributed by atoms with Crippen LogP contribution in [0, 0.1) is 11.8 Å². The van der Waals surface area contributed by atoms with Crippen LogP contribution in [0.25, 0.3) is 0 Å². The lowest BCUT2D eigenvalue weighted by Crippen LogP contribution is -2.44. The van der Waals surface area contributed by atoms with Gasteiger partial charge in [-0.3, -0.25) is 9.59 Å². The van der Waals surface area contributed by atoms with Crippen molar-refractivity contribution in [1.82, 2.24) is 9.80 Å². The summed E-state index contributed by atoms with van der Waals surface area (Å²) in [4.78, 5) is 28.1. The van der Waals surface area contributed by atoms with E-state index in [0.29, 0.717) is 11.8 Å². The Hall–Kier alpha value is -1.06. The standard InChI is InChI=1S/C15H26N2O2/c1-12-5-3-7-16(10-12)14(18)9-15(19)17-8-4-6-13(2)11-17/h12-13H,3-11H2,1-2H3. The molecule has 0 aromatic heterocycles. The Morgan fingerprint density at radius 3 is 1.68 bits per heavy atom. The fraction of sp³-hybridized carbons (Fsp3) is 0.867. The summed E-state index contributed by atoms with van der Waals surface area (Å²) in [5, 5.41) is 0. The molecule has 2 amide bonds. The molecule has 0 bridgehead atoms. The molecular formula is C15H26N2O2. The fourth-order valence-electron chi connectivity index (χ4n) is 3.18. The average Bonchev–Trinajstić information content (AvgIpc) is 2.38. The molecule has 0 aromatic rings. The Labute approximate surface area is 116 Å². The first kappa shape index (κ1) is 14.4. The van der Waals surface area contributed by atoms with E-state index in [1.54, 1.807) is 0 Å². The number of hydrogen-bond donors (Lipinski definition) is 0. The zero-order chi connectivity index (χ0) is 13.8. The van der Waals surface area contributed by atoms with Crippen molar-refractivity contribution in [3.05, 3.63) is 0 Å². The van der Waals surface area contributed by atoms with Crippen LogP contribution in [0.4, 0.5) is 0 Å². The largest absolute Gasteiger partial charge is 0.342 e. The SMILES string of the molecule is CC1CCCN(C(=O)CC(=O)N2CCCC(C)C2)C1. The molecule has 4 heteroatoms. The zero-order valence-corrected chi connectivity index (χ0v) is 12.2. The normalized spacial score (nSPS) is 28.3. The van der Waals surface area contributed by atoms with Crippen LogP contribution in [0.5, 0.6) is 0 Å². The van der Waals surface area contributed by atoms with Gasteiger partial charge in [-0.1, -0.05) is 13.8 Å². The Bertz CT molecular complexity index is 311. The molecule has 0 spiro atoms. The highest BCUT2D eigenvalue weighted by molar-refractivity contribution is 5.97. The first-order valence-corrected chi connectivity index (χ1v) is 7.62. The van der Waals surface area contributed by atoms with Gasteiger partial charge in [0.25, 0.3) is 0 Å². The molecule has 0 N–H and O–H groups in total. The first-order chi connectivity index (χ1) is 9.06. The summed E-state index contributed by atoms with van der Waals surface area (Å²) in [5.41, 5.74) is 0. The minimum Gasteiger partial charge on any atom is -0.342 e. The number of nitrogens with zero attached hydrogens (tertiary/aromatic N) is 2. The predicted molar refractivity (Wildman–Crippen MR) is 74.6 cm³/mol. The van der Waals surface area contributed by atoms with Gasteiger partial charge < -0.3 is 9.80 Å². The Morgan fingerprint density at radius 1 is 0.895 bits per heavy atom. The van der Waals surface area contributed by atoms with Crippen molar-refractivity contribution < 1.29 is 9.59 Å². The monoisotopic (exact) mass is 266 g/mol. The van der Waals surface area contributed by atoms with E-state index in [4.69, 9.17) is 0 Å². The summed E-state index contributed by atoms with van der Waals surface area (Å²) < 4.78 is 0. The third-order valence-corrected chi connectivity index (χ3v) is 4.32. The van der Waals surface area contributed by atoms with Gasteiger partial charge in [0.15, 0.2) is 0 Å². The Morgan fingerprint density at radius 2 is 1.32 bits per heavy atom. The van der Waals surface area contributed by atoms with Crippen molar-refractivity contribution in [2.45, 2.75) is 46.0 Å². The molecule has 19 heavy (non-hydrogen) atoms. The molecule has 2 heterocycles. The van der Waals surface area contributed by atoms with Crippen LogP contribution in [-0.4, -0.2) is 47.8 Å². The van der Waals surface area contributed by atoms with Gasteiger partial charge in [0.05, 0.1) is 0 Å². The van der Waals surface area contributed by atoms with Crippen molar-refractivity contribution in [2.75, 3.05) is 26.2 Å². The van der Waals surface area contributed by atoms with Crippen LogP contribution < -0.4 is 0 Å². The molecule has 0 aromatic carbocycles. The predicted octanol–water partition coefficient (Wildman–Crippen LogP) is 1.89. The molecule has 108 valence electrons. The van der Waals surface area contributed by atoms with Gasteiger partial charge in [-0.25, -0.2) is 0 Å². The van der Waals surface area contributed by atoms with Crippen LogP contribution in [-0.2, 0) is 9.59 Å². The Balaban J connectivity index is 1.82. The molecule has 2 fully saturated rings. The highest BCUT2D eigenvalue weighted by Gasteiger charge is 2.26. The van der Waals surface area contributed by atoms with Crippen molar-refractivity contribution in [3.63, 3.8) is 0 Å². The van der Waals surface area contributed by atoms with E-state index in [1.807, 2.05) is 9.80 Å². The van der Waals surface area contributed by atoms with E-state index in [0.717, 1.165) is 39.0 Å². The van der Waals surface area contributed by atoms with E-state index in [9.17, 15) is 9.59 Å². The molecule has 2 saturated heterocycles. The zero-order valence-electron chi connectivity index (χ0n) is 12.2. The van der Waals surface area contributed by atoms with E-state index in [-0.39, 0.29) is 18.2 Å². The summed E-state index contributed by atoms with van der Waals surface area (Å²) in [6.45, 7) is 7.64. The van der Waals surface area contributed by atoms with Gasteiger partial charge >= 0.3 is 0 Å². The summed E-state index contributed by atoms with van der Waals surface area (Å²) in [7, 11) is 0. The van der Waals surface area contributed by atoms with Crippen LogP contribution >= 0.6 is 0 Å². The molecule has 2 aliphatic heterocycles. The third-order valence-electron chi connectivity index (χ3n) is 4.32. The number of amides is 2. The lowest BCUT2D eigenvalue weighted by atomic mass is 9.99. The third kappa shape index (κ3) is 3.95. The molecule has 0 aliphatic carbocycles. The highest BCUT2D eigenvalue weighted by atomic mass is 16.2. The van der Waals surface area contributed by atoms with Crippen molar-refractivity contribution >= 4 is 11.8 Å². The molecule has 0 saturated carbocycles. The lowest BCUT2D eigenvalue weighted by Gasteiger charge is -2.33. The Kier molecular flexibility index (Phi) is 4.83. The maximum atomic E-state index is 12.2. The summed E-state index contributed by atoms with van der Waals surface area (Å²) in [6.07, 6.45) is 4.60. The highest BCUT2D eigenvalue weighted by Crippen LogP contribution is 2.18. The number of hydrogen-bond acceptors (Lipinski definition) is 2. The van der Waals surface area contributed by atoms with Gasteiger partial charge in [-0.2, -0.15) is 0 Å². The summed E-state index contributed by atoms with van der Waals surface area (Å²) >= 11 is 0. The number of carbonyl (C=O) groups excluding carboxylic acids is 2. The molecule has 2 rings (SSSR count). The van der Waals surface area contributed by atoms with Crippen molar-refractivity contribution in [3.8, 4) is 0 Å². The quantitative estimate of drug-likeness (QED) is 0.716. The van der Waals surface area contributed by atoms with E-state index >= 15 is 0 Å². The fourth-order valence-corrected chi connectivity index (χ4v) is 3.18. The number of carbonyl (C=O) groups is 2. The minimum absolute atomic E-state index is 0.0229. The van der Waals surface area contributed by atoms with Gasteiger partial charge in [0, 0.05) is 26.2 Å². The molecule has 2 atom stereocenters. The van der Waals surface area contributed by atoms with Crippen molar-refractivity contribution in [2.24, 2.45) is 11.8 Å². The maximum Gasteiger partial charge on any atom is 0.232 e. The minimum atomic E-state index is 0.0229. The van der Waals surface area contributed by atoms with Gasteiger partial charge in [-0.15, -0.1) is 0 Å². The van der Waals surface area contributed by atoms with Gasteiger partial charge in [0.2, 0.25) is 11.8 Å². The molecule has 4 nitrogen and oxygen atoms in total. The second kappa shape index (κ2) is 6.40. The molecule has 2 unspecified atom stereocenters. The molecular weight excluding hydrogens is 240 g/mol. The lowest BCUT2D eigenvalue weighted by molar-refractivity contribution is -0.142. The van der Waals surface area contributed by atoms with Crippen LogP contribution in [0.2, 0.25) is 0 Å². The second-order valence-electron chi connectivity index (χ2n) is 6.35. The van der Waals surface area contributed by atoms with E-state index < -0.39 is 0 Å². The van der Waals surface area contributed by atoms with Gasteiger partial charge in [-0.05, 0) is 37.5 Å². The van der Waals surface area contributed by atoms with E-state index in [1.165, 1.54) is 12.8 Å². The van der Waals surface area contributed by atoms with Gasteiger partial charge in [0.1, 0.15) is 6.42 Å². The van der Waals surface area contributed by atoms with Crippen LogP contribution in [0.15, 0.2) is 0 Å². The summed E-state index contributed by atoms with van der Waals surface area (Å²) in [6, 6.07) is 0. The van der Waals surface area contributed by atoms with E-state index in [2.05, 4.69) is 13.8 Å². The molecule has 0 radical (unpaired) electrons. The topological polar surface area (TPSA) is 40.6 Å². The number of piperidine rings is 2. The van der Waals surface area contributed by atoms with Crippen LogP contribution in [0.1, 0.15) is 46.0 Å².